The average molecular weight is 337 g/mol. The normalized spacial score (nSPS) is 13.9. The lowest BCUT2D eigenvalue weighted by atomic mass is 10.1. The molecule has 1 N–H and O–H groups in total. The number of para-hydroxylation sites is 1. The van der Waals surface area contributed by atoms with Crippen molar-refractivity contribution in [2.75, 3.05) is 12.3 Å². The summed E-state index contributed by atoms with van der Waals surface area (Å²) in [6.45, 7) is 1.38. The van der Waals surface area contributed by atoms with Gasteiger partial charge in [0.1, 0.15) is 5.52 Å². The van der Waals surface area contributed by atoms with Crippen LogP contribution in [-0.2, 0) is 6.54 Å². The van der Waals surface area contributed by atoms with Gasteiger partial charge in [0, 0.05) is 11.3 Å². The molecule has 3 aromatic rings. The highest BCUT2D eigenvalue weighted by Crippen LogP contribution is 2.14. The van der Waals surface area contributed by atoms with Gasteiger partial charge in [0.15, 0.2) is 5.17 Å². The van der Waals surface area contributed by atoms with Crippen LogP contribution in [0.15, 0.2) is 53.5 Å². The van der Waals surface area contributed by atoms with Gasteiger partial charge < -0.3 is 5.32 Å². The van der Waals surface area contributed by atoms with Crippen LogP contribution in [0, 0.1) is 0 Å². The summed E-state index contributed by atoms with van der Waals surface area (Å²) in [4.78, 5) is 16.4. The van der Waals surface area contributed by atoms with E-state index in [2.05, 4.69) is 20.6 Å². The van der Waals surface area contributed by atoms with Crippen LogP contribution in [0.3, 0.4) is 0 Å². The predicted molar refractivity (Wildman–Crippen MR) is 95.3 cm³/mol. The predicted octanol–water partition coefficient (Wildman–Crippen LogP) is 2.31. The van der Waals surface area contributed by atoms with E-state index in [0.29, 0.717) is 17.3 Å². The molecule has 0 aliphatic carbocycles. The smallest absolute Gasteiger partial charge is 0.257 e. The van der Waals surface area contributed by atoms with Gasteiger partial charge in [0.25, 0.3) is 5.91 Å². The number of thioether (sulfide) groups is 1. The fraction of sp³-hybridized carbons (Fsp3) is 0.176. The van der Waals surface area contributed by atoms with E-state index in [-0.39, 0.29) is 5.91 Å². The molecule has 120 valence electrons. The fourth-order valence-corrected chi connectivity index (χ4v) is 3.27. The number of nitrogens with zero attached hydrogens (tertiary/aromatic N) is 4. The first-order chi connectivity index (χ1) is 11.8. The Morgan fingerprint density at radius 3 is 2.79 bits per heavy atom. The molecule has 1 aliphatic heterocycles. The summed E-state index contributed by atoms with van der Waals surface area (Å²) in [6, 6.07) is 15.4. The molecular formula is C17H15N5OS. The minimum Gasteiger partial charge on any atom is -0.301 e. The molecule has 24 heavy (non-hydrogen) atoms. The van der Waals surface area contributed by atoms with Gasteiger partial charge in [-0.25, -0.2) is 4.68 Å². The first-order valence-electron chi connectivity index (χ1n) is 7.65. The van der Waals surface area contributed by atoms with Gasteiger partial charge in [-0.15, -0.1) is 5.10 Å². The Balaban J connectivity index is 1.48. The number of fused-ring (bicyclic) bond motifs is 1. The van der Waals surface area contributed by atoms with Crippen molar-refractivity contribution in [3.8, 4) is 0 Å². The molecule has 1 amide bonds. The van der Waals surface area contributed by atoms with Gasteiger partial charge in [-0.1, -0.05) is 41.2 Å². The van der Waals surface area contributed by atoms with E-state index in [9.17, 15) is 4.79 Å². The zero-order valence-corrected chi connectivity index (χ0v) is 13.7. The molecule has 4 rings (SSSR count). The number of amidine groups is 1. The number of aromatic nitrogens is 3. The fourth-order valence-electron chi connectivity index (χ4n) is 2.55. The Labute approximate surface area is 143 Å². The van der Waals surface area contributed by atoms with E-state index in [0.717, 1.165) is 28.9 Å². The molecule has 0 atom stereocenters. The van der Waals surface area contributed by atoms with Crippen molar-refractivity contribution >= 4 is 33.9 Å². The summed E-state index contributed by atoms with van der Waals surface area (Å²) < 4.78 is 1.86. The van der Waals surface area contributed by atoms with E-state index in [4.69, 9.17) is 0 Å². The monoisotopic (exact) mass is 337 g/mol. The molecule has 7 heteroatoms. The number of aliphatic imine (C=N–C) groups is 1. The topological polar surface area (TPSA) is 72.2 Å². The van der Waals surface area contributed by atoms with E-state index >= 15 is 0 Å². The third-order valence-electron chi connectivity index (χ3n) is 3.77. The maximum absolute atomic E-state index is 12.2. The number of amides is 1. The van der Waals surface area contributed by atoms with E-state index in [1.807, 2.05) is 53.2 Å². The lowest BCUT2D eigenvalue weighted by Crippen LogP contribution is -2.27. The number of benzene rings is 2. The number of carbonyl (C=O) groups is 1. The lowest BCUT2D eigenvalue weighted by molar-refractivity contribution is 0.0978. The summed E-state index contributed by atoms with van der Waals surface area (Å²) in [5.41, 5.74) is 3.56. The molecule has 0 spiro atoms. The largest absolute Gasteiger partial charge is 0.301 e. The molecule has 2 aromatic carbocycles. The van der Waals surface area contributed by atoms with Crippen LogP contribution in [0.5, 0.6) is 0 Å². The number of hydrogen-bond donors (Lipinski definition) is 1. The third-order valence-corrected chi connectivity index (χ3v) is 4.67. The highest BCUT2D eigenvalue weighted by molar-refractivity contribution is 8.14. The number of nitrogens with one attached hydrogen (secondary N) is 1. The molecule has 0 saturated heterocycles. The Bertz CT molecular complexity index is 916. The summed E-state index contributed by atoms with van der Waals surface area (Å²) in [7, 11) is 0. The molecule has 1 aromatic heterocycles. The minimum atomic E-state index is -0.124. The summed E-state index contributed by atoms with van der Waals surface area (Å²) in [6.07, 6.45) is 0. The van der Waals surface area contributed by atoms with Crippen LogP contribution >= 0.6 is 11.8 Å². The van der Waals surface area contributed by atoms with E-state index in [1.165, 1.54) is 0 Å². The maximum atomic E-state index is 12.2. The Kier molecular flexibility index (Phi) is 4.00. The second kappa shape index (κ2) is 6.45. The summed E-state index contributed by atoms with van der Waals surface area (Å²) in [5.74, 6) is 0.807. The first-order valence-corrected chi connectivity index (χ1v) is 8.64. The van der Waals surface area contributed by atoms with Crippen molar-refractivity contribution in [2.24, 2.45) is 4.99 Å². The van der Waals surface area contributed by atoms with E-state index in [1.54, 1.807) is 11.8 Å². The van der Waals surface area contributed by atoms with Crippen molar-refractivity contribution < 1.29 is 4.79 Å². The molecule has 6 nitrogen and oxygen atoms in total. The van der Waals surface area contributed by atoms with Crippen LogP contribution in [-0.4, -0.2) is 38.4 Å². The van der Waals surface area contributed by atoms with Crippen LogP contribution in [0.1, 0.15) is 15.9 Å². The molecule has 0 unspecified atom stereocenters. The van der Waals surface area contributed by atoms with Crippen molar-refractivity contribution in [3.63, 3.8) is 0 Å². The zero-order valence-electron chi connectivity index (χ0n) is 12.8. The van der Waals surface area contributed by atoms with Gasteiger partial charge in [-0.2, -0.15) is 0 Å². The zero-order chi connectivity index (χ0) is 16.4. The van der Waals surface area contributed by atoms with Crippen molar-refractivity contribution in [1.29, 1.82) is 0 Å². The minimum absolute atomic E-state index is 0.124. The van der Waals surface area contributed by atoms with Crippen LogP contribution in [0.25, 0.3) is 11.0 Å². The van der Waals surface area contributed by atoms with Crippen molar-refractivity contribution in [2.45, 2.75) is 6.54 Å². The molecule has 2 heterocycles. The summed E-state index contributed by atoms with van der Waals surface area (Å²) in [5, 5.41) is 11.9. The first kappa shape index (κ1) is 14.9. The molecule has 0 fully saturated rings. The van der Waals surface area contributed by atoms with Crippen molar-refractivity contribution in [3.05, 3.63) is 59.7 Å². The quantitative estimate of drug-likeness (QED) is 0.796. The lowest BCUT2D eigenvalue weighted by Gasteiger charge is -2.06. The van der Waals surface area contributed by atoms with Crippen LogP contribution < -0.4 is 5.32 Å². The van der Waals surface area contributed by atoms with Gasteiger partial charge in [-0.05, 0) is 29.8 Å². The number of hydrogen-bond acceptors (Lipinski definition) is 5. The van der Waals surface area contributed by atoms with E-state index < -0.39 is 0 Å². The number of carbonyl (C=O) groups excluding carboxylic acids is 1. The van der Waals surface area contributed by atoms with Gasteiger partial charge in [0.05, 0.1) is 18.6 Å². The molecule has 0 saturated carbocycles. The van der Waals surface area contributed by atoms with Crippen molar-refractivity contribution in [1.82, 2.24) is 20.3 Å². The van der Waals surface area contributed by atoms with Gasteiger partial charge in [0.2, 0.25) is 0 Å². The molecular weight excluding hydrogens is 322 g/mol. The highest BCUT2D eigenvalue weighted by Gasteiger charge is 2.12. The van der Waals surface area contributed by atoms with Crippen LogP contribution in [0.2, 0.25) is 0 Å². The standard InChI is InChI=1S/C17H15N5OS/c23-16(19-17-18-9-10-24-17)13-7-5-12(6-8-13)11-22-15-4-2-1-3-14(15)20-21-22/h1-8H,9-11H2,(H,18,19,23). The second-order valence-electron chi connectivity index (χ2n) is 5.42. The highest BCUT2D eigenvalue weighted by atomic mass is 32.2. The average Bonchev–Trinajstić information content (AvgIpc) is 3.26. The molecule has 0 radical (unpaired) electrons. The maximum Gasteiger partial charge on any atom is 0.257 e. The van der Waals surface area contributed by atoms with Gasteiger partial charge >= 0.3 is 0 Å². The van der Waals surface area contributed by atoms with Crippen LogP contribution in [0.4, 0.5) is 0 Å². The Morgan fingerprint density at radius 2 is 2.00 bits per heavy atom. The third kappa shape index (κ3) is 3.03. The Hall–Kier alpha value is -2.67. The molecule has 0 bridgehead atoms. The second-order valence-corrected chi connectivity index (χ2v) is 6.51. The molecule has 1 aliphatic rings. The SMILES string of the molecule is O=C(NC1=NCCS1)c1ccc(Cn2nnc3ccccc32)cc1. The number of rotatable bonds is 3. The summed E-state index contributed by atoms with van der Waals surface area (Å²) >= 11 is 1.57. The van der Waals surface area contributed by atoms with Gasteiger partial charge in [-0.3, -0.25) is 9.79 Å². The Morgan fingerprint density at radius 1 is 1.17 bits per heavy atom.